The summed E-state index contributed by atoms with van der Waals surface area (Å²) in [5.74, 6) is -0.542. The number of benzene rings is 2. The van der Waals surface area contributed by atoms with Crippen LogP contribution in [0.5, 0.6) is 11.5 Å². The van der Waals surface area contributed by atoms with Crippen molar-refractivity contribution in [3.8, 4) is 11.5 Å². The number of para-hydroxylation sites is 2. The molecule has 0 aliphatic rings. The van der Waals surface area contributed by atoms with Crippen LogP contribution in [0, 0.1) is 0 Å². The Labute approximate surface area is 133 Å². The van der Waals surface area contributed by atoms with Crippen molar-refractivity contribution < 1.29 is 19.1 Å². The third-order valence-electron chi connectivity index (χ3n) is 3.09. The second-order valence-corrected chi connectivity index (χ2v) is 5.87. The lowest BCUT2D eigenvalue weighted by Crippen LogP contribution is -2.45. The van der Waals surface area contributed by atoms with Gasteiger partial charge in [-0.05, 0) is 37.4 Å². The molecule has 0 aliphatic carbocycles. The maximum Gasteiger partial charge on any atom is 0.338 e. The molecule has 5 heteroatoms. The zero-order valence-corrected chi connectivity index (χ0v) is 13.1. The fourth-order valence-electron chi connectivity index (χ4n) is 1.64. The molecule has 0 heterocycles. The highest BCUT2D eigenvalue weighted by molar-refractivity contribution is 8.01. The molecule has 0 bridgehead atoms. The predicted molar refractivity (Wildman–Crippen MR) is 86.1 cm³/mol. The molecule has 0 amide bonds. The van der Waals surface area contributed by atoms with Gasteiger partial charge in [0.15, 0.2) is 0 Å². The van der Waals surface area contributed by atoms with E-state index in [9.17, 15) is 9.59 Å². The maximum atomic E-state index is 12.4. The SMILES string of the molecule is CSC(C)(C(=O)Oc1ccccc1)C(=O)Oc1ccccc1. The molecule has 0 radical (unpaired) electrons. The quantitative estimate of drug-likeness (QED) is 0.481. The standard InChI is InChI=1S/C17H16O4S/c1-17(22-2,15(18)20-13-9-5-3-6-10-13)16(19)21-14-11-7-4-8-12-14/h3-12H,1-2H3. The number of carbonyl (C=O) groups excluding carboxylic acids is 2. The van der Waals surface area contributed by atoms with Gasteiger partial charge in [0.2, 0.25) is 4.75 Å². The van der Waals surface area contributed by atoms with Gasteiger partial charge in [0, 0.05) is 0 Å². The largest absolute Gasteiger partial charge is 0.425 e. The first-order valence-electron chi connectivity index (χ1n) is 6.66. The van der Waals surface area contributed by atoms with E-state index in [1.54, 1.807) is 54.8 Å². The monoisotopic (exact) mass is 316 g/mol. The van der Waals surface area contributed by atoms with Crippen LogP contribution in [0.2, 0.25) is 0 Å². The second-order valence-electron chi connectivity index (χ2n) is 4.64. The Morgan fingerprint density at radius 3 is 1.50 bits per heavy atom. The van der Waals surface area contributed by atoms with Gasteiger partial charge in [-0.2, -0.15) is 0 Å². The first-order chi connectivity index (χ1) is 10.6. The Morgan fingerprint density at radius 1 is 0.818 bits per heavy atom. The zero-order chi connectivity index (χ0) is 16.0. The molecule has 4 nitrogen and oxygen atoms in total. The molecule has 0 aromatic heterocycles. The Morgan fingerprint density at radius 2 is 1.18 bits per heavy atom. The van der Waals surface area contributed by atoms with E-state index in [0.29, 0.717) is 11.5 Å². The second kappa shape index (κ2) is 7.13. The molecule has 0 fully saturated rings. The Bertz CT molecular complexity index is 587. The molecule has 2 aromatic carbocycles. The van der Waals surface area contributed by atoms with Crippen molar-refractivity contribution in [2.75, 3.05) is 6.26 Å². The van der Waals surface area contributed by atoms with Gasteiger partial charge in [-0.25, -0.2) is 9.59 Å². The lowest BCUT2D eigenvalue weighted by Gasteiger charge is -2.22. The summed E-state index contributed by atoms with van der Waals surface area (Å²) in [5, 5.41) is 0. The Balaban J connectivity index is 2.13. The summed E-state index contributed by atoms with van der Waals surface area (Å²) in [5.41, 5.74) is 0. The van der Waals surface area contributed by atoms with Crippen molar-refractivity contribution in [2.24, 2.45) is 0 Å². The third kappa shape index (κ3) is 3.68. The van der Waals surface area contributed by atoms with Gasteiger partial charge in [0.05, 0.1) is 0 Å². The third-order valence-corrected chi connectivity index (χ3v) is 4.24. The van der Waals surface area contributed by atoms with Gasteiger partial charge in [-0.3, -0.25) is 0 Å². The van der Waals surface area contributed by atoms with Gasteiger partial charge < -0.3 is 9.47 Å². The predicted octanol–water partition coefficient (Wildman–Crippen LogP) is 3.32. The van der Waals surface area contributed by atoms with Gasteiger partial charge >= 0.3 is 11.9 Å². The minimum atomic E-state index is -1.44. The number of thioether (sulfide) groups is 1. The van der Waals surface area contributed by atoms with Crippen LogP contribution in [-0.4, -0.2) is 22.9 Å². The average Bonchev–Trinajstić information content (AvgIpc) is 2.55. The molecule has 22 heavy (non-hydrogen) atoms. The van der Waals surface area contributed by atoms with Crippen molar-refractivity contribution in [3.63, 3.8) is 0 Å². The lowest BCUT2D eigenvalue weighted by molar-refractivity contribution is -0.147. The van der Waals surface area contributed by atoms with Gasteiger partial charge in [0.25, 0.3) is 0 Å². The number of carbonyl (C=O) groups is 2. The van der Waals surface area contributed by atoms with E-state index in [-0.39, 0.29) is 0 Å². The molecule has 114 valence electrons. The molecule has 0 saturated heterocycles. The van der Waals surface area contributed by atoms with Crippen LogP contribution in [0.1, 0.15) is 6.92 Å². The summed E-state index contributed by atoms with van der Waals surface area (Å²) in [6.45, 7) is 1.49. The van der Waals surface area contributed by atoms with Crippen LogP contribution in [0.15, 0.2) is 60.7 Å². The van der Waals surface area contributed by atoms with Crippen molar-refractivity contribution in [3.05, 3.63) is 60.7 Å². The highest BCUT2D eigenvalue weighted by Gasteiger charge is 2.44. The van der Waals surface area contributed by atoms with Crippen LogP contribution in [-0.2, 0) is 9.59 Å². The van der Waals surface area contributed by atoms with Crippen LogP contribution in [0.3, 0.4) is 0 Å². The maximum absolute atomic E-state index is 12.4. The van der Waals surface area contributed by atoms with E-state index in [1.165, 1.54) is 6.92 Å². The molecular weight excluding hydrogens is 300 g/mol. The van der Waals surface area contributed by atoms with E-state index in [1.807, 2.05) is 12.1 Å². The molecule has 2 aromatic rings. The summed E-state index contributed by atoms with van der Waals surface area (Å²) in [6.07, 6.45) is 1.67. The number of esters is 2. The van der Waals surface area contributed by atoms with Gasteiger partial charge in [-0.15, -0.1) is 11.8 Å². The summed E-state index contributed by atoms with van der Waals surface area (Å²) in [4.78, 5) is 24.7. The normalized spacial score (nSPS) is 10.8. The summed E-state index contributed by atoms with van der Waals surface area (Å²) in [7, 11) is 0. The summed E-state index contributed by atoms with van der Waals surface area (Å²) >= 11 is 1.08. The lowest BCUT2D eigenvalue weighted by atomic mass is 10.1. The van der Waals surface area contributed by atoms with E-state index >= 15 is 0 Å². The molecule has 2 rings (SSSR count). The molecular formula is C17H16O4S. The zero-order valence-electron chi connectivity index (χ0n) is 12.3. The Hall–Kier alpha value is -2.27. The number of hydrogen-bond acceptors (Lipinski definition) is 5. The molecule has 0 aliphatic heterocycles. The van der Waals surface area contributed by atoms with E-state index < -0.39 is 16.7 Å². The van der Waals surface area contributed by atoms with Crippen LogP contribution >= 0.6 is 11.8 Å². The highest BCUT2D eigenvalue weighted by Crippen LogP contribution is 2.28. The van der Waals surface area contributed by atoms with Crippen LogP contribution < -0.4 is 9.47 Å². The van der Waals surface area contributed by atoms with Crippen molar-refractivity contribution >= 4 is 23.7 Å². The smallest absolute Gasteiger partial charge is 0.338 e. The highest BCUT2D eigenvalue weighted by atomic mass is 32.2. The topological polar surface area (TPSA) is 52.6 Å². The van der Waals surface area contributed by atoms with Crippen molar-refractivity contribution in [2.45, 2.75) is 11.7 Å². The number of rotatable bonds is 5. The number of ether oxygens (including phenoxy) is 2. The summed E-state index contributed by atoms with van der Waals surface area (Å²) < 4.78 is 9.10. The van der Waals surface area contributed by atoms with E-state index in [4.69, 9.17) is 9.47 Å². The van der Waals surface area contributed by atoms with Crippen LogP contribution in [0.25, 0.3) is 0 Å². The van der Waals surface area contributed by atoms with E-state index in [0.717, 1.165) is 11.8 Å². The number of hydrogen-bond donors (Lipinski definition) is 0. The molecule has 0 unspecified atom stereocenters. The fourth-order valence-corrected chi connectivity index (χ4v) is 2.05. The van der Waals surface area contributed by atoms with E-state index in [2.05, 4.69) is 0 Å². The van der Waals surface area contributed by atoms with Gasteiger partial charge in [0.1, 0.15) is 11.5 Å². The molecule has 0 saturated carbocycles. The average molecular weight is 316 g/mol. The first kappa shape index (κ1) is 16.1. The minimum Gasteiger partial charge on any atom is -0.425 e. The van der Waals surface area contributed by atoms with Crippen molar-refractivity contribution in [1.82, 2.24) is 0 Å². The summed E-state index contributed by atoms with van der Waals surface area (Å²) in [6, 6.07) is 17.2. The molecule has 0 spiro atoms. The van der Waals surface area contributed by atoms with Gasteiger partial charge in [-0.1, -0.05) is 36.4 Å². The van der Waals surface area contributed by atoms with Crippen LogP contribution in [0.4, 0.5) is 0 Å². The molecule has 0 atom stereocenters. The first-order valence-corrected chi connectivity index (χ1v) is 7.88. The molecule has 0 N–H and O–H groups in total. The Kier molecular flexibility index (Phi) is 5.22. The van der Waals surface area contributed by atoms with Crippen molar-refractivity contribution in [1.29, 1.82) is 0 Å². The minimum absolute atomic E-state index is 0.389. The fraction of sp³-hybridized carbons (Fsp3) is 0.176.